The molecule has 5 heteroatoms. The molecule has 5 aromatic carbocycles. The molecule has 6 aromatic rings. The molecule has 1 aromatic heterocycles. The van der Waals surface area contributed by atoms with Crippen molar-refractivity contribution in [3.05, 3.63) is 121 Å². The van der Waals surface area contributed by atoms with Gasteiger partial charge in [-0.2, -0.15) is 0 Å². The maximum atomic E-state index is 10.8. The summed E-state index contributed by atoms with van der Waals surface area (Å²) in [5, 5.41) is 11.6. The molecule has 0 amide bonds. The van der Waals surface area contributed by atoms with Crippen molar-refractivity contribution in [3.63, 3.8) is 0 Å². The van der Waals surface area contributed by atoms with Gasteiger partial charge in [0.25, 0.3) is 0 Å². The predicted molar refractivity (Wildman–Crippen MR) is 150 cm³/mol. The highest BCUT2D eigenvalue weighted by atomic mass is 32.1. The predicted octanol–water partition coefficient (Wildman–Crippen LogP) is 8.92. The highest BCUT2D eigenvalue weighted by Gasteiger charge is 2.30. The molecule has 0 saturated carbocycles. The van der Waals surface area contributed by atoms with Crippen LogP contribution in [-0.4, -0.2) is 10.1 Å². The summed E-state index contributed by atoms with van der Waals surface area (Å²) in [4.78, 5) is 9.37. The van der Waals surface area contributed by atoms with Crippen molar-refractivity contribution in [1.29, 1.82) is 0 Å². The van der Waals surface area contributed by atoms with Crippen molar-refractivity contribution in [3.8, 4) is 16.3 Å². The number of rotatable bonds is 3. The zero-order chi connectivity index (χ0) is 24.1. The molecule has 0 fully saturated rings. The van der Waals surface area contributed by atoms with Gasteiger partial charge in [0.15, 0.2) is 0 Å². The largest absolute Gasteiger partial charge is 0.507 e. The second-order valence-electron chi connectivity index (χ2n) is 8.67. The van der Waals surface area contributed by atoms with Crippen molar-refractivity contribution < 1.29 is 5.11 Å². The molecule has 4 nitrogen and oxygen atoms in total. The minimum absolute atomic E-state index is 0.224. The number of para-hydroxylation sites is 6. The molecule has 0 aliphatic carbocycles. The summed E-state index contributed by atoms with van der Waals surface area (Å²) in [6.07, 6.45) is 0. The maximum Gasteiger partial charge on any atom is 0.128 e. The first-order valence-corrected chi connectivity index (χ1v) is 12.6. The van der Waals surface area contributed by atoms with Gasteiger partial charge in [-0.3, -0.25) is 0 Å². The van der Waals surface area contributed by atoms with E-state index in [1.54, 1.807) is 17.4 Å². The van der Waals surface area contributed by atoms with Crippen LogP contribution >= 0.6 is 11.3 Å². The molecular formula is C31H21N3OS. The van der Waals surface area contributed by atoms with Crippen LogP contribution in [0.4, 0.5) is 34.1 Å². The van der Waals surface area contributed by atoms with E-state index in [9.17, 15) is 5.11 Å². The number of fused-ring (bicyclic) bond motifs is 3. The lowest BCUT2D eigenvalue weighted by atomic mass is 10.0. The molecule has 36 heavy (non-hydrogen) atoms. The van der Waals surface area contributed by atoms with E-state index in [2.05, 4.69) is 88.7 Å². The lowest BCUT2D eigenvalue weighted by molar-refractivity contribution is 0.477. The van der Waals surface area contributed by atoms with Crippen LogP contribution in [0.15, 0.2) is 121 Å². The lowest BCUT2D eigenvalue weighted by Gasteiger charge is -2.40. The Bertz CT molecular complexity index is 1650. The van der Waals surface area contributed by atoms with E-state index in [1.807, 2.05) is 36.4 Å². The van der Waals surface area contributed by atoms with Gasteiger partial charge in [-0.1, -0.05) is 54.6 Å². The highest BCUT2D eigenvalue weighted by molar-refractivity contribution is 7.21. The quantitative estimate of drug-likeness (QED) is 0.272. The van der Waals surface area contributed by atoms with Crippen LogP contribution in [0, 0.1) is 0 Å². The molecule has 2 heterocycles. The Morgan fingerprint density at radius 3 is 1.75 bits per heavy atom. The van der Waals surface area contributed by atoms with Gasteiger partial charge in [0.1, 0.15) is 10.8 Å². The Hall–Kier alpha value is -4.61. The first-order chi connectivity index (χ1) is 17.8. The Kier molecular flexibility index (Phi) is 4.76. The Labute approximate surface area is 213 Å². The van der Waals surface area contributed by atoms with Crippen LogP contribution in [0.5, 0.6) is 5.75 Å². The number of hydrogen-bond donors (Lipinski definition) is 1. The van der Waals surface area contributed by atoms with Crippen molar-refractivity contribution in [1.82, 2.24) is 4.98 Å². The lowest BCUT2D eigenvalue weighted by Crippen LogP contribution is -2.23. The number of anilines is 6. The fraction of sp³-hybridized carbons (Fsp3) is 0. The van der Waals surface area contributed by atoms with Crippen LogP contribution in [0.3, 0.4) is 0 Å². The molecule has 1 aliphatic rings. The normalized spacial score (nSPS) is 12.4. The van der Waals surface area contributed by atoms with Gasteiger partial charge in [-0.15, -0.1) is 11.3 Å². The maximum absolute atomic E-state index is 10.8. The van der Waals surface area contributed by atoms with Gasteiger partial charge in [0.05, 0.1) is 38.5 Å². The van der Waals surface area contributed by atoms with E-state index in [0.29, 0.717) is 0 Å². The number of hydrogen-bond acceptors (Lipinski definition) is 5. The van der Waals surface area contributed by atoms with Gasteiger partial charge in [0, 0.05) is 11.4 Å². The van der Waals surface area contributed by atoms with Gasteiger partial charge in [0.2, 0.25) is 0 Å². The number of aromatic nitrogens is 1. The minimum atomic E-state index is 0.224. The number of aromatic hydroxyl groups is 1. The fourth-order valence-corrected chi connectivity index (χ4v) is 5.89. The summed E-state index contributed by atoms with van der Waals surface area (Å²) in [5.41, 5.74) is 8.08. The van der Waals surface area contributed by atoms with Gasteiger partial charge < -0.3 is 14.9 Å². The third-order valence-electron chi connectivity index (χ3n) is 6.50. The zero-order valence-corrected chi connectivity index (χ0v) is 20.1. The van der Waals surface area contributed by atoms with Crippen molar-refractivity contribution >= 4 is 55.7 Å². The van der Waals surface area contributed by atoms with Crippen molar-refractivity contribution in [2.75, 3.05) is 9.80 Å². The van der Waals surface area contributed by atoms with Crippen LogP contribution in [-0.2, 0) is 0 Å². The molecule has 0 unspecified atom stereocenters. The summed E-state index contributed by atoms with van der Waals surface area (Å²) >= 11 is 1.59. The second kappa shape index (κ2) is 8.26. The molecule has 0 bridgehead atoms. The zero-order valence-electron chi connectivity index (χ0n) is 19.2. The van der Waals surface area contributed by atoms with E-state index in [1.165, 1.54) is 0 Å². The number of phenolic OH excluding ortho intramolecular Hbond substituents is 1. The summed E-state index contributed by atoms with van der Waals surface area (Å²) in [6.45, 7) is 0. The summed E-state index contributed by atoms with van der Waals surface area (Å²) in [5.74, 6) is 0.224. The monoisotopic (exact) mass is 483 g/mol. The van der Waals surface area contributed by atoms with E-state index in [0.717, 1.165) is 54.9 Å². The highest BCUT2D eigenvalue weighted by Crippen LogP contribution is 2.54. The third-order valence-corrected chi connectivity index (χ3v) is 7.57. The smallest absolute Gasteiger partial charge is 0.128 e. The van der Waals surface area contributed by atoms with Crippen LogP contribution in [0.2, 0.25) is 0 Å². The minimum Gasteiger partial charge on any atom is -0.507 e. The van der Waals surface area contributed by atoms with E-state index in [-0.39, 0.29) is 5.75 Å². The van der Waals surface area contributed by atoms with Gasteiger partial charge in [-0.05, 0) is 66.7 Å². The molecular weight excluding hydrogens is 462 g/mol. The summed E-state index contributed by atoms with van der Waals surface area (Å²) in [6, 6.07) is 41.2. The number of phenols is 1. The third kappa shape index (κ3) is 3.25. The molecule has 1 aliphatic heterocycles. The van der Waals surface area contributed by atoms with Crippen LogP contribution in [0.1, 0.15) is 0 Å². The molecule has 172 valence electrons. The number of benzene rings is 5. The summed E-state index contributed by atoms with van der Waals surface area (Å²) in [7, 11) is 0. The number of nitrogens with zero attached hydrogens (tertiary/aromatic N) is 3. The fourth-order valence-electron chi connectivity index (χ4n) is 4.90. The molecule has 0 spiro atoms. The molecule has 0 atom stereocenters. The average molecular weight is 484 g/mol. The Balaban J connectivity index is 1.43. The van der Waals surface area contributed by atoms with Gasteiger partial charge >= 0.3 is 0 Å². The Morgan fingerprint density at radius 2 is 1.11 bits per heavy atom. The molecule has 0 radical (unpaired) electrons. The second-order valence-corrected chi connectivity index (χ2v) is 9.70. The van der Waals surface area contributed by atoms with Gasteiger partial charge in [-0.25, -0.2) is 4.98 Å². The van der Waals surface area contributed by atoms with Crippen LogP contribution in [0.25, 0.3) is 20.8 Å². The van der Waals surface area contributed by atoms with Crippen LogP contribution < -0.4 is 9.80 Å². The first kappa shape index (κ1) is 20.7. The topological polar surface area (TPSA) is 39.6 Å². The first-order valence-electron chi connectivity index (χ1n) is 11.8. The Morgan fingerprint density at radius 1 is 0.556 bits per heavy atom. The van der Waals surface area contributed by atoms with E-state index >= 15 is 0 Å². The molecule has 7 rings (SSSR count). The standard InChI is InChI=1S/C31H21N3OS/c35-29-19-18-22(20-23(29)31-32-24-12-4-9-17-30(24)36-31)34-27-15-7-5-13-25(27)33(21-10-2-1-3-11-21)26-14-6-8-16-28(26)34/h1-20,35H. The SMILES string of the molecule is Oc1ccc(N2c3ccccc3N(c3ccccc3)c3ccccc32)cc1-c1nc2ccccc2s1. The average Bonchev–Trinajstić information content (AvgIpc) is 3.37. The number of thiazole rings is 1. The summed E-state index contributed by atoms with van der Waals surface area (Å²) < 4.78 is 1.10. The van der Waals surface area contributed by atoms with Crippen molar-refractivity contribution in [2.45, 2.75) is 0 Å². The molecule has 1 N–H and O–H groups in total. The molecule has 0 saturated heterocycles. The van der Waals surface area contributed by atoms with E-state index in [4.69, 9.17) is 4.98 Å². The van der Waals surface area contributed by atoms with Crippen molar-refractivity contribution in [2.24, 2.45) is 0 Å². The van der Waals surface area contributed by atoms with E-state index < -0.39 is 0 Å².